The maximum atomic E-state index is 12.6. The van der Waals surface area contributed by atoms with Crippen LogP contribution in [0.3, 0.4) is 0 Å². The summed E-state index contributed by atoms with van der Waals surface area (Å²) < 4.78 is 34.7. The molecule has 1 aromatic carbocycles. The molecule has 126 valence electrons. The van der Waals surface area contributed by atoms with E-state index in [1.54, 1.807) is 6.07 Å². The van der Waals surface area contributed by atoms with Crippen LogP contribution in [0.1, 0.15) is 5.56 Å². The van der Waals surface area contributed by atoms with E-state index >= 15 is 0 Å². The van der Waals surface area contributed by atoms with Gasteiger partial charge in [0.15, 0.2) is 0 Å². The van der Waals surface area contributed by atoms with Crippen molar-refractivity contribution in [1.29, 1.82) is 0 Å². The molecule has 1 saturated heterocycles. The number of fused-ring (bicyclic) bond motifs is 1. The number of rotatable bonds is 4. The number of halogens is 1. The standard InChI is InChI=1S/C15H19ClN2O3S2/c1-10-13-6-12(16)2-3-14(13)22-15(10)23(19,20)18-8-11-7-17-4-5-21-9-11/h2-3,6,11,17-18H,4-5,7-9H2,1H3. The molecule has 1 unspecified atom stereocenters. The summed E-state index contributed by atoms with van der Waals surface area (Å²) in [6.07, 6.45) is 0. The Bertz CT molecular complexity index is 796. The molecule has 2 heterocycles. The first-order chi connectivity index (χ1) is 11.0. The Morgan fingerprint density at radius 3 is 3.13 bits per heavy atom. The van der Waals surface area contributed by atoms with E-state index in [0.717, 1.165) is 28.7 Å². The molecule has 8 heteroatoms. The largest absolute Gasteiger partial charge is 0.380 e. The van der Waals surface area contributed by atoms with Crippen molar-refractivity contribution in [2.24, 2.45) is 5.92 Å². The lowest BCUT2D eigenvalue weighted by atomic mass is 10.2. The summed E-state index contributed by atoms with van der Waals surface area (Å²) in [6, 6.07) is 5.44. The van der Waals surface area contributed by atoms with Gasteiger partial charge < -0.3 is 10.1 Å². The Labute approximate surface area is 145 Å². The molecular formula is C15H19ClN2O3S2. The topological polar surface area (TPSA) is 67.4 Å². The zero-order valence-corrected chi connectivity index (χ0v) is 15.2. The van der Waals surface area contributed by atoms with Crippen molar-refractivity contribution >= 4 is 43.0 Å². The summed E-state index contributed by atoms with van der Waals surface area (Å²) in [6.45, 7) is 4.97. The number of aryl methyl sites for hydroxylation is 1. The van der Waals surface area contributed by atoms with Crippen molar-refractivity contribution in [1.82, 2.24) is 10.0 Å². The van der Waals surface area contributed by atoms with Gasteiger partial charge in [-0.05, 0) is 36.1 Å². The second-order valence-corrected chi connectivity index (χ2v) is 9.10. The molecule has 1 aromatic heterocycles. The van der Waals surface area contributed by atoms with Gasteiger partial charge in [0.1, 0.15) is 4.21 Å². The molecule has 23 heavy (non-hydrogen) atoms. The first kappa shape index (κ1) is 17.1. The van der Waals surface area contributed by atoms with Gasteiger partial charge in [-0.3, -0.25) is 0 Å². The van der Waals surface area contributed by atoms with E-state index in [4.69, 9.17) is 16.3 Å². The van der Waals surface area contributed by atoms with Gasteiger partial charge in [0, 0.05) is 35.3 Å². The Morgan fingerprint density at radius 2 is 2.30 bits per heavy atom. The third kappa shape index (κ3) is 3.87. The zero-order valence-electron chi connectivity index (χ0n) is 12.8. The Balaban J connectivity index is 1.80. The summed E-state index contributed by atoms with van der Waals surface area (Å²) in [4.78, 5) is 0. The quantitative estimate of drug-likeness (QED) is 0.862. The van der Waals surface area contributed by atoms with Crippen LogP contribution in [-0.4, -0.2) is 41.3 Å². The number of thiophene rings is 1. The third-order valence-corrected chi connectivity index (χ3v) is 7.42. The van der Waals surface area contributed by atoms with Gasteiger partial charge in [0.25, 0.3) is 0 Å². The van der Waals surface area contributed by atoms with E-state index in [2.05, 4.69) is 10.0 Å². The first-order valence-electron chi connectivity index (χ1n) is 7.44. The van der Waals surface area contributed by atoms with Gasteiger partial charge in [0.2, 0.25) is 10.0 Å². The van der Waals surface area contributed by atoms with Crippen molar-refractivity contribution in [3.05, 3.63) is 28.8 Å². The molecule has 2 N–H and O–H groups in total. The van der Waals surface area contributed by atoms with Crippen molar-refractivity contribution < 1.29 is 13.2 Å². The van der Waals surface area contributed by atoms with Gasteiger partial charge in [-0.1, -0.05) is 11.6 Å². The normalized spacial score (nSPS) is 19.8. The summed E-state index contributed by atoms with van der Waals surface area (Å²) in [5, 5.41) is 4.74. The Hall–Kier alpha value is -0.700. The predicted octanol–water partition coefficient (Wildman–Crippen LogP) is 2.38. The van der Waals surface area contributed by atoms with Crippen LogP contribution < -0.4 is 10.0 Å². The smallest absolute Gasteiger partial charge is 0.250 e. The second kappa shape index (κ2) is 7.04. The van der Waals surface area contributed by atoms with E-state index in [0.29, 0.717) is 29.0 Å². The lowest BCUT2D eigenvalue weighted by Crippen LogP contribution is -2.35. The fourth-order valence-corrected chi connectivity index (χ4v) is 5.69. The maximum absolute atomic E-state index is 12.6. The summed E-state index contributed by atoms with van der Waals surface area (Å²) in [5.41, 5.74) is 0.746. The number of ether oxygens (including phenoxy) is 1. The molecule has 0 bridgehead atoms. The summed E-state index contributed by atoms with van der Waals surface area (Å²) in [5.74, 6) is 0.136. The highest BCUT2D eigenvalue weighted by atomic mass is 35.5. The minimum Gasteiger partial charge on any atom is -0.380 e. The maximum Gasteiger partial charge on any atom is 0.250 e. The number of hydrogen-bond donors (Lipinski definition) is 2. The average molecular weight is 375 g/mol. The van der Waals surface area contributed by atoms with Crippen LogP contribution >= 0.6 is 22.9 Å². The van der Waals surface area contributed by atoms with E-state index < -0.39 is 10.0 Å². The van der Waals surface area contributed by atoms with Crippen LogP contribution in [0.4, 0.5) is 0 Å². The highest BCUT2D eigenvalue weighted by molar-refractivity contribution is 7.91. The molecule has 0 amide bonds. The average Bonchev–Trinajstić information content (AvgIpc) is 2.71. The molecule has 1 fully saturated rings. The van der Waals surface area contributed by atoms with Gasteiger partial charge in [-0.25, -0.2) is 13.1 Å². The van der Waals surface area contributed by atoms with Crippen molar-refractivity contribution in [2.45, 2.75) is 11.1 Å². The number of nitrogens with one attached hydrogen (secondary N) is 2. The number of benzene rings is 1. The molecule has 0 spiro atoms. The van der Waals surface area contributed by atoms with E-state index in [9.17, 15) is 8.42 Å². The minimum absolute atomic E-state index is 0.136. The molecule has 1 aliphatic rings. The van der Waals surface area contributed by atoms with Crippen molar-refractivity contribution in [2.75, 3.05) is 32.8 Å². The SMILES string of the molecule is Cc1c(S(=O)(=O)NCC2CNCCOC2)sc2ccc(Cl)cc12. The number of sulfonamides is 1. The molecule has 0 saturated carbocycles. The predicted molar refractivity (Wildman–Crippen MR) is 93.9 cm³/mol. The fourth-order valence-electron chi connectivity index (χ4n) is 2.61. The molecule has 0 aliphatic carbocycles. The van der Waals surface area contributed by atoms with Crippen LogP contribution in [0.25, 0.3) is 10.1 Å². The van der Waals surface area contributed by atoms with Crippen LogP contribution in [0.2, 0.25) is 5.02 Å². The van der Waals surface area contributed by atoms with Crippen LogP contribution in [0.5, 0.6) is 0 Å². The number of hydrogen-bond acceptors (Lipinski definition) is 5. The van der Waals surface area contributed by atoms with Crippen molar-refractivity contribution in [3.8, 4) is 0 Å². The Morgan fingerprint density at radius 1 is 1.48 bits per heavy atom. The minimum atomic E-state index is -3.53. The van der Waals surface area contributed by atoms with E-state index in [1.165, 1.54) is 11.3 Å². The highest BCUT2D eigenvalue weighted by Crippen LogP contribution is 2.35. The zero-order chi connectivity index (χ0) is 16.4. The second-order valence-electron chi connectivity index (χ2n) is 5.65. The van der Waals surface area contributed by atoms with Crippen LogP contribution in [0.15, 0.2) is 22.4 Å². The molecule has 1 atom stereocenters. The van der Waals surface area contributed by atoms with Gasteiger partial charge >= 0.3 is 0 Å². The molecule has 3 rings (SSSR count). The van der Waals surface area contributed by atoms with Crippen LogP contribution in [-0.2, 0) is 14.8 Å². The molecule has 2 aromatic rings. The molecule has 1 aliphatic heterocycles. The summed E-state index contributed by atoms with van der Waals surface area (Å²) in [7, 11) is -3.53. The monoisotopic (exact) mass is 374 g/mol. The summed E-state index contributed by atoms with van der Waals surface area (Å²) >= 11 is 7.29. The van der Waals surface area contributed by atoms with E-state index in [1.807, 2.05) is 19.1 Å². The molecule has 0 radical (unpaired) electrons. The lowest BCUT2D eigenvalue weighted by Gasteiger charge is -2.14. The molecule has 5 nitrogen and oxygen atoms in total. The van der Waals surface area contributed by atoms with Gasteiger partial charge in [-0.2, -0.15) is 0 Å². The highest BCUT2D eigenvalue weighted by Gasteiger charge is 2.23. The lowest BCUT2D eigenvalue weighted by molar-refractivity contribution is 0.124. The van der Waals surface area contributed by atoms with Gasteiger partial charge in [-0.15, -0.1) is 11.3 Å². The first-order valence-corrected chi connectivity index (χ1v) is 10.1. The van der Waals surface area contributed by atoms with Crippen LogP contribution in [0, 0.1) is 12.8 Å². The van der Waals surface area contributed by atoms with E-state index in [-0.39, 0.29) is 5.92 Å². The Kier molecular flexibility index (Phi) is 5.25. The molecular weight excluding hydrogens is 356 g/mol. The third-order valence-electron chi connectivity index (χ3n) is 3.87. The van der Waals surface area contributed by atoms with Gasteiger partial charge in [0.05, 0.1) is 13.2 Å². The van der Waals surface area contributed by atoms with Crippen molar-refractivity contribution in [3.63, 3.8) is 0 Å². The fraction of sp³-hybridized carbons (Fsp3) is 0.467.